The van der Waals surface area contributed by atoms with E-state index < -0.39 is 0 Å². The van der Waals surface area contributed by atoms with Gasteiger partial charge in [-0.15, -0.1) is 0 Å². The van der Waals surface area contributed by atoms with E-state index in [1.54, 1.807) is 0 Å². The average Bonchev–Trinajstić information content (AvgIpc) is 2.92. The van der Waals surface area contributed by atoms with Crippen LogP contribution in [0.25, 0.3) is 0 Å². The Bertz CT molecular complexity index is 387. The van der Waals surface area contributed by atoms with E-state index >= 15 is 0 Å². The highest BCUT2D eigenvalue weighted by Crippen LogP contribution is 2.43. The molecule has 1 aliphatic heterocycles. The molecule has 2 heteroatoms. The Labute approximate surface area is 91.7 Å². The summed E-state index contributed by atoms with van der Waals surface area (Å²) in [6.07, 6.45) is 5.22. The third-order valence-electron chi connectivity index (χ3n) is 3.94. The number of fused-ring (bicyclic) bond motifs is 1. The summed E-state index contributed by atoms with van der Waals surface area (Å²) in [5.74, 6) is 2.95. The van der Waals surface area contributed by atoms with Crippen molar-refractivity contribution in [3.63, 3.8) is 0 Å². The molecule has 3 rings (SSSR count). The van der Waals surface area contributed by atoms with Gasteiger partial charge in [-0.2, -0.15) is 0 Å². The van der Waals surface area contributed by atoms with E-state index in [1.807, 2.05) is 0 Å². The van der Waals surface area contributed by atoms with Crippen LogP contribution < -0.4 is 0 Å². The first-order chi connectivity index (χ1) is 7.16. The predicted octanol–water partition coefficient (Wildman–Crippen LogP) is 3.21. The van der Waals surface area contributed by atoms with Crippen LogP contribution in [-0.2, 0) is 6.42 Å². The minimum Gasteiger partial charge on any atom is -0.329 e. The molecular formula is C13H20N2. The molecule has 2 unspecified atom stereocenters. The molecular weight excluding hydrogens is 184 g/mol. The summed E-state index contributed by atoms with van der Waals surface area (Å²) in [6, 6.07) is 0.656. The van der Waals surface area contributed by atoms with Crippen LogP contribution in [0, 0.1) is 12.8 Å². The lowest BCUT2D eigenvalue weighted by atomic mass is 9.95. The van der Waals surface area contributed by atoms with Gasteiger partial charge < -0.3 is 4.57 Å². The molecule has 2 heterocycles. The molecule has 0 aromatic carbocycles. The lowest BCUT2D eigenvalue weighted by Gasteiger charge is -2.27. The topological polar surface area (TPSA) is 17.8 Å². The normalized spacial score (nSPS) is 30.3. The predicted molar refractivity (Wildman–Crippen MR) is 61.1 cm³/mol. The van der Waals surface area contributed by atoms with E-state index in [2.05, 4.69) is 25.3 Å². The summed E-state index contributed by atoms with van der Waals surface area (Å²) in [5.41, 5.74) is 2.86. The zero-order chi connectivity index (χ0) is 10.6. The quantitative estimate of drug-likeness (QED) is 0.687. The van der Waals surface area contributed by atoms with Gasteiger partial charge >= 0.3 is 0 Å². The molecule has 1 fully saturated rings. The number of hydrogen-bond donors (Lipinski definition) is 0. The maximum Gasteiger partial charge on any atom is 0.109 e. The maximum atomic E-state index is 4.88. The van der Waals surface area contributed by atoms with Gasteiger partial charge in [0.05, 0.1) is 5.69 Å². The Kier molecular flexibility index (Phi) is 1.95. The van der Waals surface area contributed by atoms with Crippen molar-refractivity contribution in [2.24, 2.45) is 5.92 Å². The second-order valence-corrected chi connectivity index (χ2v) is 5.54. The van der Waals surface area contributed by atoms with E-state index in [-0.39, 0.29) is 0 Å². The van der Waals surface area contributed by atoms with Crippen LogP contribution in [-0.4, -0.2) is 9.55 Å². The molecule has 82 valence electrons. The molecule has 0 N–H and O–H groups in total. The Hall–Kier alpha value is -0.790. The molecule has 0 saturated heterocycles. The van der Waals surface area contributed by atoms with Crippen LogP contribution >= 0.6 is 0 Å². The summed E-state index contributed by atoms with van der Waals surface area (Å²) in [5, 5.41) is 0. The minimum absolute atomic E-state index is 0.656. The van der Waals surface area contributed by atoms with Crippen LogP contribution in [0.2, 0.25) is 0 Å². The monoisotopic (exact) mass is 204 g/mol. The number of hydrogen-bond acceptors (Lipinski definition) is 1. The highest BCUT2D eigenvalue weighted by Gasteiger charge is 2.32. The zero-order valence-corrected chi connectivity index (χ0v) is 9.95. The smallest absolute Gasteiger partial charge is 0.109 e. The van der Waals surface area contributed by atoms with E-state index in [9.17, 15) is 0 Å². The molecule has 0 radical (unpaired) electrons. The molecule has 15 heavy (non-hydrogen) atoms. The van der Waals surface area contributed by atoms with Crippen LogP contribution in [0.1, 0.15) is 62.3 Å². The van der Waals surface area contributed by atoms with Crippen molar-refractivity contribution >= 4 is 0 Å². The van der Waals surface area contributed by atoms with Gasteiger partial charge in [0, 0.05) is 24.1 Å². The number of aromatic nitrogens is 2. The van der Waals surface area contributed by atoms with Gasteiger partial charge in [0.15, 0.2) is 0 Å². The SMILES string of the molecule is Cc1c(C2CC2)nc2n1C(C)CC(C)C2. The summed E-state index contributed by atoms with van der Waals surface area (Å²) in [6.45, 7) is 6.95. The maximum absolute atomic E-state index is 4.88. The molecule has 2 nitrogen and oxygen atoms in total. The molecule has 1 saturated carbocycles. The molecule has 0 amide bonds. The van der Waals surface area contributed by atoms with E-state index in [1.165, 1.54) is 42.9 Å². The van der Waals surface area contributed by atoms with Gasteiger partial charge in [-0.25, -0.2) is 4.98 Å². The first-order valence-corrected chi connectivity index (χ1v) is 6.24. The standard InChI is InChI=1S/C13H20N2/c1-8-6-9(2)15-10(3)13(11-4-5-11)14-12(15)7-8/h8-9,11H,4-7H2,1-3H3. The van der Waals surface area contributed by atoms with Gasteiger partial charge in [0.1, 0.15) is 5.82 Å². The Morgan fingerprint density at radius 2 is 2.00 bits per heavy atom. The molecule has 2 aliphatic rings. The summed E-state index contributed by atoms with van der Waals surface area (Å²) < 4.78 is 2.49. The van der Waals surface area contributed by atoms with Crippen molar-refractivity contribution in [3.8, 4) is 0 Å². The fourth-order valence-corrected chi connectivity index (χ4v) is 3.15. The van der Waals surface area contributed by atoms with Crippen molar-refractivity contribution in [1.29, 1.82) is 0 Å². The summed E-state index contributed by atoms with van der Waals surface area (Å²) in [4.78, 5) is 4.88. The third-order valence-corrected chi connectivity index (χ3v) is 3.94. The molecule has 2 atom stereocenters. The van der Waals surface area contributed by atoms with Crippen molar-refractivity contribution in [3.05, 3.63) is 17.2 Å². The van der Waals surface area contributed by atoms with Crippen LogP contribution in [0.5, 0.6) is 0 Å². The van der Waals surface area contributed by atoms with Gasteiger partial charge in [-0.05, 0) is 39.0 Å². The van der Waals surface area contributed by atoms with Crippen LogP contribution in [0.3, 0.4) is 0 Å². The Morgan fingerprint density at radius 3 is 2.67 bits per heavy atom. The second kappa shape index (κ2) is 3.10. The van der Waals surface area contributed by atoms with Crippen LogP contribution in [0.4, 0.5) is 0 Å². The number of imidazole rings is 1. The lowest BCUT2D eigenvalue weighted by molar-refractivity contribution is 0.339. The molecule has 0 spiro atoms. The van der Waals surface area contributed by atoms with Crippen molar-refractivity contribution in [2.75, 3.05) is 0 Å². The highest BCUT2D eigenvalue weighted by molar-refractivity contribution is 5.25. The molecule has 1 aromatic heterocycles. The average molecular weight is 204 g/mol. The Balaban J connectivity index is 2.06. The van der Waals surface area contributed by atoms with E-state index in [4.69, 9.17) is 4.98 Å². The fraction of sp³-hybridized carbons (Fsp3) is 0.769. The number of nitrogens with zero attached hydrogens (tertiary/aromatic N) is 2. The Morgan fingerprint density at radius 1 is 1.27 bits per heavy atom. The van der Waals surface area contributed by atoms with E-state index in [0.717, 1.165) is 11.8 Å². The van der Waals surface area contributed by atoms with Gasteiger partial charge in [-0.1, -0.05) is 6.92 Å². The van der Waals surface area contributed by atoms with Crippen molar-refractivity contribution in [1.82, 2.24) is 9.55 Å². The van der Waals surface area contributed by atoms with Gasteiger partial charge in [0.25, 0.3) is 0 Å². The van der Waals surface area contributed by atoms with Crippen molar-refractivity contribution in [2.45, 2.75) is 58.4 Å². The first kappa shape index (κ1) is 9.44. The molecule has 0 bridgehead atoms. The largest absolute Gasteiger partial charge is 0.329 e. The van der Waals surface area contributed by atoms with E-state index in [0.29, 0.717) is 6.04 Å². The molecule has 1 aliphatic carbocycles. The van der Waals surface area contributed by atoms with Gasteiger partial charge in [0.2, 0.25) is 0 Å². The summed E-state index contributed by atoms with van der Waals surface area (Å²) in [7, 11) is 0. The molecule has 1 aromatic rings. The summed E-state index contributed by atoms with van der Waals surface area (Å²) >= 11 is 0. The number of rotatable bonds is 1. The second-order valence-electron chi connectivity index (χ2n) is 5.54. The van der Waals surface area contributed by atoms with Gasteiger partial charge in [-0.3, -0.25) is 0 Å². The zero-order valence-electron chi connectivity index (χ0n) is 9.95. The van der Waals surface area contributed by atoms with Crippen molar-refractivity contribution < 1.29 is 0 Å². The third kappa shape index (κ3) is 1.42. The first-order valence-electron chi connectivity index (χ1n) is 6.24. The minimum atomic E-state index is 0.656. The highest BCUT2D eigenvalue weighted by atomic mass is 15.1. The fourth-order valence-electron chi connectivity index (χ4n) is 3.15. The lowest BCUT2D eigenvalue weighted by Crippen LogP contribution is -2.21. The van der Waals surface area contributed by atoms with Crippen LogP contribution in [0.15, 0.2) is 0 Å².